The van der Waals surface area contributed by atoms with E-state index >= 15 is 0 Å². The lowest BCUT2D eigenvalue weighted by Crippen LogP contribution is -2.12. The number of aromatic amines is 1. The molecule has 1 amide bonds. The molecular formula is C17H15ClN2O. The predicted octanol–water partition coefficient (Wildman–Crippen LogP) is 4.69. The topological polar surface area (TPSA) is 44.9 Å². The Kier molecular flexibility index (Phi) is 3.43. The van der Waals surface area contributed by atoms with E-state index in [1.807, 2.05) is 44.2 Å². The van der Waals surface area contributed by atoms with Crippen molar-refractivity contribution in [1.82, 2.24) is 4.98 Å². The molecule has 0 aliphatic rings. The molecule has 0 spiro atoms. The lowest BCUT2D eigenvalue weighted by atomic mass is 10.1. The summed E-state index contributed by atoms with van der Waals surface area (Å²) in [5.74, 6) is -0.162. The zero-order valence-corrected chi connectivity index (χ0v) is 12.6. The fourth-order valence-electron chi connectivity index (χ4n) is 2.24. The molecule has 2 aromatic carbocycles. The van der Waals surface area contributed by atoms with Crippen molar-refractivity contribution < 1.29 is 4.79 Å². The van der Waals surface area contributed by atoms with Gasteiger partial charge in [-0.05, 0) is 61.4 Å². The number of nitrogens with one attached hydrogen (secondary N) is 2. The van der Waals surface area contributed by atoms with E-state index in [0.29, 0.717) is 10.7 Å². The molecule has 106 valence electrons. The minimum atomic E-state index is -0.162. The molecule has 21 heavy (non-hydrogen) atoms. The molecule has 0 bridgehead atoms. The van der Waals surface area contributed by atoms with Crippen molar-refractivity contribution in [3.63, 3.8) is 0 Å². The van der Waals surface area contributed by atoms with Gasteiger partial charge in [0.25, 0.3) is 5.91 Å². The van der Waals surface area contributed by atoms with E-state index in [1.54, 1.807) is 12.1 Å². The standard InChI is InChI=1S/C17H15ClN2O/c1-10-3-5-14(7-11(10)2)19-17(21)16-9-12-8-13(18)4-6-15(12)20-16/h3-9,20H,1-2H3,(H,19,21). The van der Waals surface area contributed by atoms with Crippen molar-refractivity contribution in [2.24, 2.45) is 0 Å². The number of fused-ring (bicyclic) bond motifs is 1. The minimum absolute atomic E-state index is 0.162. The zero-order valence-electron chi connectivity index (χ0n) is 11.8. The maximum absolute atomic E-state index is 12.3. The number of anilines is 1. The van der Waals surface area contributed by atoms with Crippen LogP contribution in [0.15, 0.2) is 42.5 Å². The highest BCUT2D eigenvalue weighted by atomic mass is 35.5. The summed E-state index contributed by atoms with van der Waals surface area (Å²) in [7, 11) is 0. The fraction of sp³-hybridized carbons (Fsp3) is 0.118. The quantitative estimate of drug-likeness (QED) is 0.708. The summed E-state index contributed by atoms with van der Waals surface area (Å²) in [6, 6.07) is 13.2. The Labute approximate surface area is 127 Å². The van der Waals surface area contributed by atoms with Crippen LogP contribution < -0.4 is 5.32 Å². The van der Waals surface area contributed by atoms with Crippen LogP contribution in [0.1, 0.15) is 21.6 Å². The van der Waals surface area contributed by atoms with Gasteiger partial charge in [-0.25, -0.2) is 0 Å². The van der Waals surface area contributed by atoms with Gasteiger partial charge >= 0.3 is 0 Å². The van der Waals surface area contributed by atoms with E-state index in [-0.39, 0.29) is 5.91 Å². The van der Waals surface area contributed by atoms with Crippen molar-refractivity contribution in [3.05, 3.63) is 64.3 Å². The van der Waals surface area contributed by atoms with Gasteiger partial charge in [0.15, 0.2) is 0 Å². The van der Waals surface area contributed by atoms with Gasteiger partial charge in [0.2, 0.25) is 0 Å². The second-order valence-electron chi connectivity index (χ2n) is 5.17. The Bertz CT molecular complexity index is 836. The Morgan fingerprint density at radius 2 is 1.86 bits per heavy atom. The van der Waals surface area contributed by atoms with Crippen molar-refractivity contribution in [1.29, 1.82) is 0 Å². The molecule has 0 aliphatic carbocycles. The molecule has 0 saturated heterocycles. The lowest BCUT2D eigenvalue weighted by Gasteiger charge is -2.06. The van der Waals surface area contributed by atoms with Crippen LogP contribution in [-0.4, -0.2) is 10.9 Å². The summed E-state index contributed by atoms with van der Waals surface area (Å²) in [4.78, 5) is 15.4. The Morgan fingerprint density at radius 3 is 2.62 bits per heavy atom. The molecule has 1 heterocycles. The van der Waals surface area contributed by atoms with E-state index in [2.05, 4.69) is 10.3 Å². The summed E-state index contributed by atoms with van der Waals surface area (Å²) in [5, 5.41) is 4.48. The maximum atomic E-state index is 12.3. The molecule has 0 unspecified atom stereocenters. The van der Waals surface area contributed by atoms with Gasteiger partial charge in [0, 0.05) is 21.6 Å². The number of amides is 1. The average molecular weight is 299 g/mol. The summed E-state index contributed by atoms with van der Waals surface area (Å²) < 4.78 is 0. The second kappa shape index (κ2) is 5.26. The Hall–Kier alpha value is -2.26. The van der Waals surface area contributed by atoms with Crippen molar-refractivity contribution in [2.45, 2.75) is 13.8 Å². The van der Waals surface area contributed by atoms with E-state index in [1.165, 1.54) is 5.56 Å². The van der Waals surface area contributed by atoms with E-state index in [0.717, 1.165) is 22.2 Å². The largest absolute Gasteiger partial charge is 0.351 e. The van der Waals surface area contributed by atoms with E-state index in [4.69, 9.17) is 11.6 Å². The predicted molar refractivity (Wildman–Crippen MR) is 87.2 cm³/mol. The number of carbonyl (C=O) groups excluding carboxylic acids is 1. The zero-order chi connectivity index (χ0) is 15.0. The Morgan fingerprint density at radius 1 is 1.05 bits per heavy atom. The molecule has 2 N–H and O–H groups in total. The van der Waals surface area contributed by atoms with Crippen molar-refractivity contribution in [3.8, 4) is 0 Å². The SMILES string of the molecule is Cc1ccc(NC(=O)c2cc3cc(Cl)ccc3[nH]2)cc1C. The van der Waals surface area contributed by atoms with Crippen molar-refractivity contribution >= 4 is 34.1 Å². The van der Waals surface area contributed by atoms with E-state index in [9.17, 15) is 4.79 Å². The molecule has 0 atom stereocenters. The van der Waals surface area contributed by atoms with Crippen LogP contribution in [0.4, 0.5) is 5.69 Å². The maximum Gasteiger partial charge on any atom is 0.272 e. The number of aryl methyl sites for hydroxylation is 2. The van der Waals surface area contributed by atoms with Gasteiger partial charge in [-0.15, -0.1) is 0 Å². The van der Waals surface area contributed by atoms with Crippen LogP contribution >= 0.6 is 11.6 Å². The fourth-order valence-corrected chi connectivity index (χ4v) is 2.42. The first-order valence-electron chi connectivity index (χ1n) is 6.70. The number of rotatable bonds is 2. The van der Waals surface area contributed by atoms with Gasteiger partial charge in [0.1, 0.15) is 5.69 Å². The van der Waals surface area contributed by atoms with Gasteiger partial charge in [-0.3, -0.25) is 4.79 Å². The van der Waals surface area contributed by atoms with Crippen LogP contribution in [0.25, 0.3) is 10.9 Å². The highest BCUT2D eigenvalue weighted by Crippen LogP contribution is 2.21. The number of hydrogen-bond acceptors (Lipinski definition) is 1. The van der Waals surface area contributed by atoms with Gasteiger partial charge in [0.05, 0.1) is 0 Å². The Balaban J connectivity index is 1.87. The summed E-state index contributed by atoms with van der Waals surface area (Å²) in [6.45, 7) is 4.07. The summed E-state index contributed by atoms with van der Waals surface area (Å²) in [5.41, 5.74) is 4.56. The number of carbonyl (C=O) groups is 1. The molecule has 0 saturated carbocycles. The number of aromatic nitrogens is 1. The van der Waals surface area contributed by atoms with Crippen molar-refractivity contribution in [2.75, 3.05) is 5.32 Å². The van der Waals surface area contributed by atoms with Gasteiger partial charge in [-0.1, -0.05) is 17.7 Å². The van der Waals surface area contributed by atoms with Crippen LogP contribution in [-0.2, 0) is 0 Å². The smallest absolute Gasteiger partial charge is 0.272 e. The molecule has 3 nitrogen and oxygen atoms in total. The van der Waals surface area contributed by atoms with Gasteiger partial charge < -0.3 is 10.3 Å². The molecule has 3 aromatic rings. The number of H-pyrrole nitrogens is 1. The average Bonchev–Trinajstić information content (AvgIpc) is 2.86. The normalized spacial score (nSPS) is 10.8. The lowest BCUT2D eigenvalue weighted by molar-refractivity contribution is 0.102. The first-order chi connectivity index (χ1) is 10.0. The molecule has 4 heteroatoms. The van der Waals surface area contributed by atoms with Crippen LogP contribution in [0.3, 0.4) is 0 Å². The molecule has 0 radical (unpaired) electrons. The monoisotopic (exact) mass is 298 g/mol. The molecular weight excluding hydrogens is 284 g/mol. The third-order valence-corrected chi connectivity index (χ3v) is 3.83. The third-order valence-electron chi connectivity index (χ3n) is 3.59. The highest BCUT2D eigenvalue weighted by molar-refractivity contribution is 6.31. The van der Waals surface area contributed by atoms with Crippen LogP contribution in [0.5, 0.6) is 0 Å². The highest BCUT2D eigenvalue weighted by Gasteiger charge is 2.10. The molecule has 0 aliphatic heterocycles. The van der Waals surface area contributed by atoms with E-state index < -0.39 is 0 Å². The minimum Gasteiger partial charge on any atom is -0.351 e. The first-order valence-corrected chi connectivity index (χ1v) is 7.07. The van der Waals surface area contributed by atoms with Crippen LogP contribution in [0, 0.1) is 13.8 Å². The second-order valence-corrected chi connectivity index (χ2v) is 5.60. The first kappa shape index (κ1) is 13.7. The summed E-state index contributed by atoms with van der Waals surface area (Å²) in [6.07, 6.45) is 0. The third kappa shape index (κ3) is 2.78. The molecule has 1 aromatic heterocycles. The number of hydrogen-bond donors (Lipinski definition) is 2. The van der Waals surface area contributed by atoms with Crippen LogP contribution in [0.2, 0.25) is 5.02 Å². The molecule has 0 fully saturated rings. The number of halogens is 1. The molecule has 3 rings (SSSR count). The summed E-state index contributed by atoms with van der Waals surface area (Å²) >= 11 is 5.96. The number of benzene rings is 2. The van der Waals surface area contributed by atoms with Gasteiger partial charge in [-0.2, -0.15) is 0 Å².